The van der Waals surface area contributed by atoms with Gasteiger partial charge in [0.05, 0.1) is 5.39 Å². The second-order valence-electron chi connectivity index (χ2n) is 7.58. The summed E-state index contributed by atoms with van der Waals surface area (Å²) in [4.78, 5) is 20.0. The summed E-state index contributed by atoms with van der Waals surface area (Å²) in [7, 11) is 0. The molecule has 3 nitrogen and oxygen atoms in total. The van der Waals surface area contributed by atoms with E-state index in [1.54, 1.807) is 11.3 Å². The summed E-state index contributed by atoms with van der Waals surface area (Å²) in [6.07, 6.45) is 5.39. The third-order valence-corrected chi connectivity index (χ3v) is 6.40. The lowest BCUT2D eigenvalue weighted by molar-refractivity contribution is 0.218. The van der Waals surface area contributed by atoms with Gasteiger partial charge in [-0.3, -0.25) is 9.36 Å². The summed E-state index contributed by atoms with van der Waals surface area (Å²) in [5.41, 5.74) is 1.88. The molecular weight excluding hydrogens is 280 g/mol. The van der Waals surface area contributed by atoms with Gasteiger partial charge in [0, 0.05) is 17.8 Å². The molecule has 1 aliphatic heterocycles. The summed E-state index contributed by atoms with van der Waals surface area (Å²) >= 11 is 1.78. The molecule has 21 heavy (non-hydrogen) atoms. The molecule has 0 radical (unpaired) electrons. The number of rotatable bonds is 0. The number of nitrogens with zero attached hydrogens (tertiary/aromatic N) is 2. The van der Waals surface area contributed by atoms with Crippen LogP contribution in [0.1, 0.15) is 49.9 Å². The van der Waals surface area contributed by atoms with Crippen LogP contribution in [0.3, 0.4) is 0 Å². The van der Waals surface area contributed by atoms with Crippen molar-refractivity contribution in [1.29, 1.82) is 0 Å². The highest BCUT2D eigenvalue weighted by Gasteiger charge is 2.32. The highest BCUT2D eigenvalue weighted by atomic mass is 32.1. The molecule has 1 aliphatic carbocycles. The smallest absolute Gasteiger partial charge is 0.262 e. The zero-order chi connectivity index (χ0) is 14.8. The van der Waals surface area contributed by atoms with Crippen LogP contribution in [-0.2, 0) is 25.8 Å². The van der Waals surface area contributed by atoms with E-state index >= 15 is 0 Å². The molecule has 0 amide bonds. The van der Waals surface area contributed by atoms with Crippen molar-refractivity contribution in [3.05, 3.63) is 26.6 Å². The average molecular weight is 302 g/mol. The maximum Gasteiger partial charge on any atom is 0.262 e. The average Bonchev–Trinajstić information content (AvgIpc) is 3.00. The molecule has 2 aromatic rings. The summed E-state index contributed by atoms with van der Waals surface area (Å²) < 4.78 is 1.91. The van der Waals surface area contributed by atoms with E-state index in [1.807, 2.05) is 4.57 Å². The fourth-order valence-electron chi connectivity index (χ4n) is 3.86. The van der Waals surface area contributed by atoms with Crippen LogP contribution in [0.15, 0.2) is 4.79 Å². The van der Waals surface area contributed by atoms with Crippen LogP contribution in [0, 0.1) is 11.3 Å². The largest absolute Gasteiger partial charge is 0.296 e. The Balaban J connectivity index is 1.88. The fraction of sp³-hybridized carbons (Fsp3) is 0.647. The molecule has 112 valence electrons. The van der Waals surface area contributed by atoms with Gasteiger partial charge in [0.1, 0.15) is 10.7 Å². The van der Waals surface area contributed by atoms with E-state index < -0.39 is 0 Å². The fourth-order valence-corrected chi connectivity index (χ4v) is 5.17. The third-order valence-electron chi connectivity index (χ3n) is 5.25. The summed E-state index contributed by atoms with van der Waals surface area (Å²) in [6.45, 7) is 7.85. The van der Waals surface area contributed by atoms with Crippen LogP contribution in [0.5, 0.6) is 0 Å². The maximum atomic E-state index is 12.8. The quantitative estimate of drug-likeness (QED) is 0.746. The molecule has 0 bridgehead atoms. The van der Waals surface area contributed by atoms with Crippen molar-refractivity contribution in [3.8, 4) is 0 Å². The van der Waals surface area contributed by atoms with Gasteiger partial charge in [-0.2, -0.15) is 0 Å². The Labute approximate surface area is 129 Å². The molecule has 0 saturated heterocycles. The highest BCUT2D eigenvalue weighted by molar-refractivity contribution is 7.18. The number of aryl methyl sites for hydroxylation is 2. The van der Waals surface area contributed by atoms with Crippen molar-refractivity contribution in [1.82, 2.24) is 9.55 Å². The Bertz CT molecular complexity index is 779. The molecule has 1 unspecified atom stereocenters. The van der Waals surface area contributed by atoms with E-state index in [1.165, 1.54) is 16.9 Å². The Morgan fingerprint density at radius 2 is 2.10 bits per heavy atom. The van der Waals surface area contributed by atoms with E-state index in [9.17, 15) is 4.79 Å². The van der Waals surface area contributed by atoms with E-state index in [2.05, 4.69) is 20.8 Å². The van der Waals surface area contributed by atoms with E-state index in [4.69, 9.17) is 4.98 Å². The topological polar surface area (TPSA) is 34.9 Å². The van der Waals surface area contributed by atoms with Crippen molar-refractivity contribution in [2.24, 2.45) is 11.3 Å². The number of aromatic nitrogens is 2. The number of fused-ring (bicyclic) bond motifs is 4. The Hall–Kier alpha value is -1.16. The minimum atomic E-state index is 0.221. The van der Waals surface area contributed by atoms with Gasteiger partial charge in [0.15, 0.2) is 0 Å². The second-order valence-corrected chi connectivity index (χ2v) is 8.66. The normalized spacial score (nSPS) is 21.6. The van der Waals surface area contributed by atoms with Crippen molar-refractivity contribution in [3.63, 3.8) is 0 Å². The minimum Gasteiger partial charge on any atom is -0.296 e. The van der Waals surface area contributed by atoms with Gasteiger partial charge >= 0.3 is 0 Å². The second kappa shape index (κ2) is 4.42. The molecule has 2 aliphatic rings. The SMILES string of the molecule is CC(C)(C)C1CCc2c(sc3nc4n(c(=O)c23)CCC4)C1. The molecular formula is C17H22N2OS. The monoisotopic (exact) mass is 302 g/mol. The van der Waals surface area contributed by atoms with Gasteiger partial charge in [-0.1, -0.05) is 20.8 Å². The Morgan fingerprint density at radius 1 is 1.29 bits per heavy atom. The highest BCUT2D eigenvalue weighted by Crippen LogP contribution is 2.42. The van der Waals surface area contributed by atoms with Crippen LogP contribution >= 0.6 is 11.3 Å². The minimum absolute atomic E-state index is 0.221. The van der Waals surface area contributed by atoms with Gasteiger partial charge in [0.25, 0.3) is 5.56 Å². The molecule has 4 rings (SSSR count). The van der Waals surface area contributed by atoms with Crippen molar-refractivity contribution in [2.75, 3.05) is 0 Å². The Kier molecular flexibility index (Phi) is 2.84. The van der Waals surface area contributed by atoms with Crippen molar-refractivity contribution in [2.45, 2.75) is 59.4 Å². The number of thiophene rings is 1. The first-order valence-electron chi connectivity index (χ1n) is 7.99. The van der Waals surface area contributed by atoms with Gasteiger partial charge in [-0.05, 0) is 42.6 Å². The number of hydrogen-bond donors (Lipinski definition) is 0. The van der Waals surface area contributed by atoms with E-state index in [-0.39, 0.29) is 5.56 Å². The van der Waals surface area contributed by atoms with Crippen molar-refractivity contribution >= 4 is 21.6 Å². The van der Waals surface area contributed by atoms with Gasteiger partial charge in [0.2, 0.25) is 0 Å². The van der Waals surface area contributed by atoms with Crippen LogP contribution < -0.4 is 5.56 Å². The van der Waals surface area contributed by atoms with Crippen LogP contribution in [0.4, 0.5) is 0 Å². The summed E-state index contributed by atoms with van der Waals surface area (Å²) in [5, 5.41) is 0.938. The lowest BCUT2D eigenvalue weighted by atomic mass is 9.72. The standard InChI is InChI=1S/C17H22N2OS/c1-17(2,3)10-6-7-11-12(9-10)21-15-14(11)16(20)19-8-4-5-13(19)18-15/h10H,4-9H2,1-3H3. The first-order valence-corrected chi connectivity index (χ1v) is 8.81. The van der Waals surface area contributed by atoms with E-state index in [0.717, 1.165) is 48.3 Å². The molecule has 0 fully saturated rings. The first kappa shape index (κ1) is 13.5. The summed E-state index contributed by atoms with van der Waals surface area (Å²) in [5.74, 6) is 1.71. The van der Waals surface area contributed by atoms with Gasteiger partial charge < -0.3 is 0 Å². The molecule has 2 aromatic heterocycles. The lowest BCUT2D eigenvalue weighted by Gasteiger charge is -2.33. The number of hydrogen-bond acceptors (Lipinski definition) is 3. The molecule has 3 heterocycles. The van der Waals surface area contributed by atoms with Crippen LogP contribution in [0.25, 0.3) is 10.2 Å². The maximum absolute atomic E-state index is 12.8. The Morgan fingerprint density at radius 3 is 2.86 bits per heavy atom. The van der Waals surface area contributed by atoms with Crippen LogP contribution in [0.2, 0.25) is 0 Å². The predicted octanol–water partition coefficient (Wildman–Crippen LogP) is 3.56. The molecule has 0 spiro atoms. The lowest BCUT2D eigenvalue weighted by Crippen LogP contribution is -2.27. The molecule has 4 heteroatoms. The van der Waals surface area contributed by atoms with Gasteiger partial charge in [-0.15, -0.1) is 11.3 Å². The summed E-state index contributed by atoms with van der Waals surface area (Å²) in [6, 6.07) is 0. The van der Waals surface area contributed by atoms with Crippen LogP contribution in [-0.4, -0.2) is 9.55 Å². The first-order chi connectivity index (χ1) is 9.95. The molecule has 0 saturated carbocycles. The zero-order valence-corrected chi connectivity index (χ0v) is 13.8. The predicted molar refractivity (Wildman–Crippen MR) is 87.2 cm³/mol. The molecule has 1 atom stereocenters. The van der Waals surface area contributed by atoms with Crippen molar-refractivity contribution < 1.29 is 0 Å². The van der Waals surface area contributed by atoms with E-state index in [0.29, 0.717) is 11.3 Å². The van der Waals surface area contributed by atoms with Gasteiger partial charge in [-0.25, -0.2) is 4.98 Å². The molecule has 0 aromatic carbocycles. The third kappa shape index (κ3) is 1.99. The molecule has 0 N–H and O–H groups in total. The zero-order valence-electron chi connectivity index (χ0n) is 13.0.